The van der Waals surface area contributed by atoms with Crippen LogP contribution in [0.1, 0.15) is 12.5 Å². The number of ether oxygens (including phenoxy) is 1. The van der Waals surface area contributed by atoms with Crippen LogP contribution < -0.4 is 4.90 Å². The number of anilines is 1. The minimum absolute atomic E-state index is 0.00361. The molecule has 1 aliphatic rings. The molecule has 2 rings (SSSR count). The first-order chi connectivity index (χ1) is 8.75. The van der Waals surface area contributed by atoms with Crippen molar-refractivity contribution < 1.29 is 27.8 Å². The summed E-state index contributed by atoms with van der Waals surface area (Å²) in [5.74, 6) is 0. The number of hydrogen-bond acceptors (Lipinski definition) is 3. The molecule has 1 unspecified atom stereocenters. The maximum atomic E-state index is 12.6. The number of nitrogens with zero attached hydrogens (tertiary/aromatic N) is 1. The fourth-order valence-corrected chi connectivity index (χ4v) is 1.83. The normalized spacial score (nSPS) is 23.6. The number of rotatable bonds is 2. The topological polar surface area (TPSA) is 49.8 Å². The van der Waals surface area contributed by atoms with Gasteiger partial charge in [0.25, 0.3) is 0 Å². The van der Waals surface area contributed by atoms with E-state index in [1.807, 2.05) is 0 Å². The summed E-state index contributed by atoms with van der Waals surface area (Å²) in [5.41, 5.74) is -1.84. The molecule has 7 heteroatoms. The van der Waals surface area contributed by atoms with E-state index in [9.17, 15) is 18.0 Å². The Balaban J connectivity index is 2.31. The summed E-state index contributed by atoms with van der Waals surface area (Å²) >= 11 is 0. The second kappa shape index (κ2) is 4.41. The summed E-state index contributed by atoms with van der Waals surface area (Å²) in [6.07, 6.45) is -5.24. The first-order valence-electron chi connectivity index (χ1n) is 5.54. The van der Waals surface area contributed by atoms with Crippen LogP contribution in [0.25, 0.3) is 0 Å². The smallest absolute Gasteiger partial charge is 0.416 e. The largest absolute Gasteiger partial charge is 0.438 e. The predicted octanol–water partition coefficient (Wildman–Crippen LogP) is 2.41. The number of benzene rings is 1. The van der Waals surface area contributed by atoms with Gasteiger partial charge in [0.1, 0.15) is 0 Å². The fraction of sp³-hybridized carbons (Fsp3) is 0.417. The molecule has 1 aliphatic heterocycles. The van der Waals surface area contributed by atoms with Gasteiger partial charge in [-0.25, -0.2) is 4.79 Å². The molecule has 104 valence electrons. The molecule has 0 spiro atoms. The van der Waals surface area contributed by atoms with Crippen LogP contribution in [0.2, 0.25) is 0 Å². The molecule has 1 N–H and O–H groups in total. The molecule has 0 saturated carbocycles. The van der Waals surface area contributed by atoms with Gasteiger partial charge < -0.3 is 9.84 Å². The monoisotopic (exact) mass is 275 g/mol. The highest BCUT2D eigenvalue weighted by molar-refractivity contribution is 5.90. The zero-order valence-electron chi connectivity index (χ0n) is 10.1. The molecule has 0 bridgehead atoms. The van der Waals surface area contributed by atoms with Crippen LogP contribution in [-0.2, 0) is 10.9 Å². The number of carbonyl (C=O) groups excluding carboxylic acids is 1. The molecule has 1 heterocycles. The van der Waals surface area contributed by atoms with Gasteiger partial charge >= 0.3 is 12.3 Å². The Morgan fingerprint density at radius 2 is 2.16 bits per heavy atom. The fourth-order valence-electron chi connectivity index (χ4n) is 1.83. The molecule has 19 heavy (non-hydrogen) atoms. The van der Waals surface area contributed by atoms with E-state index < -0.39 is 30.0 Å². The highest BCUT2D eigenvalue weighted by Crippen LogP contribution is 2.34. The summed E-state index contributed by atoms with van der Waals surface area (Å²) in [6.45, 7) is 1.12. The number of aliphatic hydroxyl groups excluding tert-OH is 1. The molecular formula is C12H12F3NO3. The summed E-state index contributed by atoms with van der Waals surface area (Å²) in [4.78, 5) is 12.7. The molecule has 1 aromatic rings. The van der Waals surface area contributed by atoms with E-state index in [0.29, 0.717) is 0 Å². The van der Waals surface area contributed by atoms with E-state index in [1.54, 1.807) is 0 Å². The second-order valence-electron chi connectivity index (χ2n) is 4.61. The average Bonchev–Trinajstić information content (AvgIpc) is 2.65. The lowest BCUT2D eigenvalue weighted by molar-refractivity contribution is -0.137. The summed E-state index contributed by atoms with van der Waals surface area (Å²) in [5, 5.41) is 9.11. The van der Waals surface area contributed by atoms with Gasteiger partial charge in [0.05, 0.1) is 18.7 Å². The van der Waals surface area contributed by atoms with Gasteiger partial charge in [0, 0.05) is 5.69 Å². The number of cyclic esters (lactones) is 1. The van der Waals surface area contributed by atoms with E-state index in [2.05, 4.69) is 0 Å². The third-order valence-corrected chi connectivity index (χ3v) is 2.87. The van der Waals surface area contributed by atoms with Crippen molar-refractivity contribution in [1.29, 1.82) is 0 Å². The standard InChI is InChI=1S/C12H12F3NO3/c1-11(7-17)6-16(10(18)19-11)9-4-2-3-8(5-9)12(13,14)15/h2-5,17H,6-7H2,1H3. The summed E-state index contributed by atoms with van der Waals surface area (Å²) < 4.78 is 42.7. The molecule has 1 fully saturated rings. The van der Waals surface area contributed by atoms with Crippen molar-refractivity contribution in [3.8, 4) is 0 Å². The minimum atomic E-state index is -4.47. The van der Waals surface area contributed by atoms with Gasteiger partial charge in [-0.2, -0.15) is 13.2 Å². The first-order valence-corrected chi connectivity index (χ1v) is 5.54. The maximum Gasteiger partial charge on any atom is 0.416 e. The number of hydrogen-bond donors (Lipinski definition) is 1. The predicted molar refractivity (Wildman–Crippen MR) is 60.8 cm³/mol. The maximum absolute atomic E-state index is 12.6. The van der Waals surface area contributed by atoms with Gasteiger partial charge in [-0.3, -0.25) is 4.90 Å². The van der Waals surface area contributed by atoms with Crippen LogP contribution in [-0.4, -0.2) is 30.0 Å². The molecule has 1 atom stereocenters. The van der Waals surface area contributed by atoms with Crippen molar-refractivity contribution in [2.45, 2.75) is 18.7 Å². The lowest BCUT2D eigenvalue weighted by atomic mass is 10.1. The Morgan fingerprint density at radius 3 is 2.68 bits per heavy atom. The zero-order valence-corrected chi connectivity index (χ0v) is 10.1. The molecule has 4 nitrogen and oxygen atoms in total. The van der Waals surface area contributed by atoms with E-state index in [1.165, 1.54) is 19.1 Å². The van der Waals surface area contributed by atoms with E-state index in [4.69, 9.17) is 9.84 Å². The SMILES string of the molecule is CC1(CO)CN(c2cccc(C(F)(F)F)c2)C(=O)O1. The van der Waals surface area contributed by atoms with E-state index in [0.717, 1.165) is 17.0 Å². The zero-order chi connectivity index (χ0) is 14.3. The Bertz CT molecular complexity index is 503. The van der Waals surface area contributed by atoms with Gasteiger partial charge in [-0.15, -0.1) is 0 Å². The number of halogens is 3. The van der Waals surface area contributed by atoms with Crippen molar-refractivity contribution in [1.82, 2.24) is 0 Å². The highest BCUT2D eigenvalue weighted by Gasteiger charge is 2.42. The Morgan fingerprint density at radius 1 is 1.47 bits per heavy atom. The first kappa shape index (κ1) is 13.7. The minimum Gasteiger partial charge on any atom is -0.438 e. The van der Waals surface area contributed by atoms with Crippen LogP contribution in [0.5, 0.6) is 0 Å². The van der Waals surface area contributed by atoms with Crippen LogP contribution >= 0.6 is 0 Å². The number of aliphatic hydroxyl groups is 1. The van der Waals surface area contributed by atoms with Crippen LogP contribution in [0.4, 0.5) is 23.7 Å². The van der Waals surface area contributed by atoms with Gasteiger partial charge in [-0.1, -0.05) is 6.07 Å². The highest BCUT2D eigenvalue weighted by atomic mass is 19.4. The van der Waals surface area contributed by atoms with Gasteiger partial charge in [0.15, 0.2) is 5.60 Å². The van der Waals surface area contributed by atoms with Gasteiger partial charge in [0.2, 0.25) is 0 Å². The molecular weight excluding hydrogens is 263 g/mol. The lowest BCUT2D eigenvalue weighted by Gasteiger charge is -2.18. The van der Waals surface area contributed by atoms with Crippen LogP contribution in [0.15, 0.2) is 24.3 Å². The van der Waals surface area contributed by atoms with Crippen LogP contribution in [0, 0.1) is 0 Å². The molecule has 1 aromatic carbocycles. The third kappa shape index (κ3) is 2.65. The summed E-state index contributed by atoms with van der Waals surface area (Å²) in [6, 6.07) is 4.42. The molecule has 0 radical (unpaired) electrons. The number of alkyl halides is 3. The van der Waals surface area contributed by atoms with Crippen molar-refractivity contribution >= 4 is 11.8 Å². The average molecular weight is 275 g/mol. The Labute approximate surface area is 107 Å². The van der Waals surface area contributed by atoms with Crippen molar-refractivity contribution in [3.63, 3.8) is 0 Å². The quantitative estimate of drug-likeness (QED) is 0.901. The molecule has 0 aliphatic carbocycles. The third-order valence-electron chi connectivity index (χ3n) is 2.87. The van der Waals surface area contributed by atoms with Crippen molar-refractivity contribution in [2.75, 3.05) is 18.1 Å². The number of carbonyl (C=O) groups is 1. The van der Waals surface area contributed by atoms with Crippen LogP contribution in [0.3, 0.4) is 0 Å². The second-order valence-corrected chi connectivity index (χ2v) is 4.61. The van der Waals surface area contributed by atoms with E-state index in [-0.39, 0.29) is 12.2 Å². The Kier molecular flexibility index (Phi) is 3.17. The van der Waals surface area contributed by atoms with Crippen molar-refractivity contribution in [2.24, 2.45) is 0 Å². The molecule has 1 amide bonds. The van der Waals surface area contributed by atoms with Crippen molar-refractivity contribution in [3.05, 3.63) is 29.8 Å². The summed E-state index contributed by atoms with van der Waals surface area (Å²) in [7, 11) is 0. The lowest BCUT2D eigenvalue weighted by Crippen LogP contribution is -2.34. The van der Waals surface area contributed by atoms with Gasteiger partial charge in [-0.05, 0) is 25.1 Å². The molecule has 0 aromatic heterocycles. The Hall–Kier alpha value is -1.76. The number of amides is 1. The van der Waals surface area contributed by atoms with E-state index >= 15 is 0 Å². The molecule has 1 saturated heterocycles.